The molecule has 21 heavy (non-hydrogen) atoms. The Labute approximate surface area is 128 Å². The molecule has 1 aromatic heterocycles. The van der Waals surface area contributed by atoms with Crippen molar-refractivity contribution in [3.63, 3.8) is 0 Å². The number of rotatable bonds is 5. The summed E-state index contributed by atoms with van der Waals surface area (Å²) in [6, 6.07) is -0.1000. The molecule has 1 aliphatic heterocycles. The minimum Gasteiger partial charge on any atom is -0.481 e. The number of carboxylic acid groups (broad SMARTS) is 1. The number of aryl methyl sites for hydroxylation is 1. The van der Waals surface area contributed by atoms with Crippen LogP contribution in [0.1, 0.15) is 30.0 Å². The van der Waals surface area contributed by atoms with Crippen LogP contribution in [0.2, 0.25) is 0 Å². The standard InChI is InChI=1S/C14H21N3O3S/c1-10-16-12(9-21-10)4-5-15-14(20)17-6-2-3-11(8-17)7-13(18)19/h9,11H,2-8H2,1H3,(H,15,20)(H,18,19). The highest BCUT2D eigenvalue weighted by molar-refractivity contribution is 7.09. The fourth-order valence-electron chi connectivity index (χ4n) is 2.60. The average molecular weight is 311 g/mol. The number of hydrogen-bond acceptors (Lipinski definition) is 4. The maximum atomic E-state index is 12.1. The summed E-state index contributed by atoms with van der Waals surface area (Å²) in [5.74, 6) is -0.718. The molecule has 0 radical (unpaired) electrons. The van der Waals surface area contributed by atoms with Gasteiger partial charge < -0.3 is 15.3 Å². The first-order valence-electron chi connectivity index (χ1n) is 7.20. The fraction of sp³-hybridized carbons (Fsp3) is 0.643. The zero-order chi connectivity index (χ0) is 15.2. The number of nitrogens with one attached hydrogen (secondary N) is 1. The van der Waals surface area contributed by atoms with Crippen molar-refractivity contribution >= 4 is 23.3 Å². The van der Waals surface area contributed by atoms with Crippen molar-refractivity contribution < 1.29 is 14.7 Å². The quantitative estimate of drug-likeness (QED) is 0.870. The zero-order valence-electron chi connectivity index (χ0n) is 12.2. The van der Waals surface area contributed by atoms with E-state index in [-0.39, 0.29) is 18.4 Å². The van der Waals surface area contributed by atoms with Crippen LogP contribution in [0.25, 0.3) is 0 Å². The SMILES string of the molecule is Cc1nc(CCNC(=O)N2CCCC(CC(=O)O)C2)cs1. The third-order valence-corrected chi connectivity index (χ3v) is 4.42. The second-order valence-electron chi connectivity index (χ2n) is 5.39. The van der Waals surface area contributed by atoms with Gasteiger partial charge in [-0.3, -0.25) is 4.79 Å². The monoisotopic (exact) mass is 311 g/mol. The molecule has 0 aromatic carbocycles. The third-order valence-electron chi connectivity index (χ3n) is 3.59. The molecule has 2 N–H and O–H groups in total. The third kappa shape index (κ3) is 5.00. The van der Waals surface area contributed by atoms with E-state index in [1.165, 1.54) is 0 Å². The van der Waals surface area contributed by atoms with E-state index in [9.17, 15) is 9.59 Å². The smallest absolute Gasteiger partial charge is 0.317 e. The summed E-state index contributed by atoms with van der Waals surface area (Å²) in [6.07, 6.45) is 2.62. The van der Waals surface area contributed by atoms with Gasteiger partial charge in [-0.05, 0) is 25.7 Å². The molecule has 7 heteroatoms. The van der Waals surface area contributed by atoms with E-state index in [4.69, 9.17) is 5.11 Å². The van der Waals surface area contributed by atoms with E-state index in [1.807, 2.05) is 12.3 Å². The van der Waals surface area contributed by atoms with Crippen LogP contribution >= 0.6 is 11.3 Å². The number of carbonyl (C=O) groups excluding carboxylic acids is 1. The van der Waals surface area contributed by atoms with Gasteiger partial charge in [-0.15, -0.1) is 11.3 Å². The van der Waals surface area contributed by atoms with Gasteiger partial charge in [0.05, 0.1) is 10.7 Å². The first kappa shape index (κ1) is 15.8. The molecular weight excluding hydrogens is 290 g/mol. The largest absolute Gasteiger partial charge is 0.481 e. The van der Waals surface area contributed by atoms with Crippen molar-refractivity contribution in [3.8, 4) is 0 Å². The highest BCUT2D eigenvalue weighted by Gasteiger charge is 2.24. The normalized spacial score (nSPS) is 18.5. The second kappa shape index (κ2) is 7.40. The Morgan fingerprint density at radius 3 is 3.05 bits per heavy atom. The summed E-state index contributed by atoms with van der Waals surface area (Å²) in [5.41, 5.74) is 1.00. The molecule has 6 nitrogen and oxygen atoms in total. The Morgan fingerprint density at radius 2 is 2.38 bits per heavy atom. The first-order chi connectivity index (χ1) is 10.0. The Kier molecular flexibility index (Phi) is 5.55. The number of amides is 2. The van der Waals surface area contributed by atoms with Gasteiger partial charge >= 0.3 is 12.0 Å². The average Bonchev–Trinajstić information content (AvgIpc) is 2.84. The zero-order valence-corrected chi connectivity index (χ0v) is 13.0. The number of piperidine rings is 1. The summed E-state index contributed by atoms with van der Waals surface area (Å²) >= 11 is 1.61. The Morgan fingerprint density at radius 1 is 1.57 bits per heavy atom. The lowest BCUT2D eigenvalue weighted by Crippen LogP contribution is -2.46. The topological polar surface area (TPSA) is 82.5 Å². The summed E-state index contributed by atoms with van der Waals surface area (Å²) in [4.78, 5) is 28.9. The summed E-state index contributed by atoms with van der Waals surface area (Å²) in [5, 5.41) is 14.8. The van der Waals surface area contributed by atoms with Crippen molar-refractivity contribution in [1.82, 2.24) is 15.2 Å². The molecule has 1 fully saturated rings. The molecule has 1 aliphatic rings. The second-order valence-corrected chi connectivity index (χ2v) is 6.45. The Bertz CT molecular complexity index is 503. The van der Waals surface area contributed by atoms with Gasteiger partial charge in [0.15, 0.2) is 0 Å². The molecule has 116 valence electrons. The number of likely N-dealkylation sites (tertiary alicyclic amines) is 1. The van der Waals surface area contributed by atoms with Crippen molar-refractivity contribution in [1.29, 1.82) is 0 Å². The number of carbonyl (C=O) groups is 2. The van der Waals surface area contributed by atoms with Gasteiger partial charge in [0.1, 0.15) is 0 Å². The van der Waals surface area contributed by atoms with E-state index in [1.54, 1.807) is 16.2 Å². The molecule has 0 spiro atoms. The van der Waals surface area contributed by atoms with Crippen LogP contribution in [-0.4, -0.2) is 46.6 Å². The summed E-state index contributed by atoms with van der Waals surface area (Å²) in [6.45, 7) is 3.76. The molecule has 0 saturated carbocycles. The Balaban J connectivity index is 1.73. The molecule has 2 rings (SSSR count). The minimum absolute atomic E-state index is 0.0724. The number of carboxylic acids is 1. The predicted molar refractivity (Wildman–Crippen MR) is 80.5 cm³/mol. The van der Waals surface area contributed by atoms with Crippen LogP contribution < -0.4 is 5.32 Å². The first-order valence-corrected chi connectivity index (χ1v) is 8.08. The van der Waals surface area contributed by atoms with E-state index < -0.39 is 5.97 Å². The lowest BCUT2D eigenvalue weighted by molar-refractivity contribution is -0.138. The van der Waals surface area contributed by atoms with Crippen LogP contribution in [0.15, 0.2) is 5.38 Å². The van der Waals surface area contributed by atoms with Crippen molar-refractivity contribution in [2.45, 2.75) is 32.6 Å². The maximum Gasteiger partial charge on any atom is 0.317 e. The van der Waals surface area contributed by atoms with Crippen LogP contribution in [0.4, 0.5) is 4.79 Å². The fourth-order valence-corrected chi connectivity index (χ4v) is 3.24. The molecule has 0 bridgehead atoms. The van der Waals surface area contributed by atoms with Gasteiger partial charge in [0.2, 0.25) is 0 Å². The predicted octanol–water partition coefficient (Wildman–Crippen LogP) is 1.89. The van der Waals surface area contributed by atoms with Gasteiger partial charge in [-0.1, -0.05) is 0 Å². The number of thiazole rings is 1. The number of aromatic nitrogens is 1. The van der Waals surface area contributed by atoms with Crippen LogP contribution in [0, 0.1) is 12.8 Å². The van der Waals surface area contributed by atoms with Crippen LogP contribution in [0.5, 0.6) is 0 Å². The lowest BCUT2D eigenvalue weighted by Gasteiger charge is -2.32. The molecule has 1 saturated heterocycles. The van der Waals surface area contributed by atoms with Gasteiger partial charge in [0, 0.05) is 37.9 Å². The summed E-state index contributed by atoms with van der Waals surface area (Å²) in [7, 11) is 0. The highest BCUT2D eigenvalue weighted by Crippen LogP contribution is 2.19. The van der Waals surface area contributed by atoms with Gasteiger partial charge in [0.25, 0.3) is 0 Å². The molecule has 1 unspecified atom stereocenters. The van der Waals surface area contributed by atoms with Crippen molar-refractivity contribution in [3.05, 3.63) is 16.1 Å². The highest BCUT2D eigenvalue weighted by atomic mass is 32.1. The van der Waals surface area contributed by atoms with Gasteiger partial charge in [-0.2, -0.15) is 0 Å². The van der Waals surface area contributed by atoms with Crippen molar-refractivity contribution in [2.75, 3.05) is 19.6 Å². The molecule has 2 heterocycles. The van der Waals surface area contributed by atoms with Crippen LogP contribution in [0.3, 0.4) is 0 Å². The number of urea groups is 1. The number of hydrogen-bond donors (Lipinski definition) is 2. The molecular formula is C14H21N3O3S. The number of nitrogens with zero attached hydrogens (tertiary/aromatic N) is 2. The maximum absolute atomic E-state index is 12.1. The van der Waals surface area contributed by atoms with E-state index in [0.717, 1.165) is 30.0 Å². The molecule has 1 atom stereocenters. The molecule has 1 aromatic rings. The minimum atomic E-state index is -0.791. The van der Waals surface area contributed by atoms with E-state index in [0.29, 0.717) is 19.6 Å². The van der Waals surface area contributed by atoms with Gasteiger partial charge in [-0.25, -0.2) is 9.78 Å². The summed E-state index contributed by atoms with van der Waals surface area (Å²) < 4.78 is 0. The van der Waals surface area contributed by atoms with Crippen LogP contribution in [-0.2, 0) is 11.2 Å². The molecule has 2 amide bonds. The van der Waals surface area contributed by atoms with E-state index in [2.05, 4.69) is 10.3 Å². The lowest BCUT2D eigenvalue weighted by atomic mass is 9.95. The van der Waals surface area contributed by atoms with E-state index >= 15 is 0 Å². The molecule has 0 aliphatic carbocycles. The van der Waals surface area contributed by atoms with Crippen molar-refractivity contribution in [2.24, 2.45) is 5.92 Å². The number of aliphatic carboxylic acids is 1. The Hall–Kier alpha value is -1.63.